The van der Waals surface area contributed by atoms with Crippen LogP contribution >= 0.6 is 34.3 Å². The van der Waals surface area contributed by atoms with E-state index in [0.717, 1.165) is 26.7 Å². The van der Waals surface area contributed by atoms with Gasteiger partial charge in [0.2, 0.25) is 0 Å². The van der Waals surface area contributed by atoms with Crippen LogP contribution in [0.15, 0.2) is 28.6 Å². The molecule has 0 radical (unpaired) electrons. The molecule has 4 nitrogen and oxygen atoms in total. The zero-order valence-electron chi connectivity index (χ0n) is 11.4. The van der Waals surface area contributed by atoms with E-state index in [1.54, 1.807) is 22.2 Å². The molecule has 3 rings (SSSR count). The van der Waals surface area contributed by atoms with Gasteiger partial charge in [0.05, 0.1) is 16.2 Å². The van der Waals surface area contributed by atoms with Crippen molar-refractivity contribution in [2.75, 3.05) is 6.54 Å². The molecule has 0 atom stereocenters. The molecule has 3 aromatic rings. The second-order valence-corrected chi connectivity index (χ2v) is 7.40. The molecular weight excluding hydrogens is 326 g/mol. The standard InChI is InChI=1S/C14H14ClN3OS2/c1-9-7-20-13-12(9)17-8-18(14(13)19)5-4-16-6-10-2-3-11(15)21-10/h2-3,7-8,16H,4-6H2,1H3. The van der Waals surface area contributed by atoms with Crippen LogP contribution < -0.4 is 10.9 Å². The van der Waals surface area contributed by atoms with Gasteiger partial charge in [-0.2, -0.15) is 0 Å². The number of aromatic nitrogens is 2. The predicted octanol–water partition coefficient (Wildman–Crippen LogP) is 3.27. The Labute approximate surface area is 135 Å². The third-order valence-corrected chi connectivity index (χ3v) is 5.49. The second-order valence-electron chi connectivity index (χ2n) is 4.72. The summed E-state index contributed by atoms with van der Waals surface area (Å²) < 4.78 is 3.19. The number of thiophene rings is 2. The summed E-state index contributed by atoms with van der Waals surface area (Å²) in [7, 11) is 0. The van der Waals surface area contributed by atoms with E-state index in [1.807, 2.05) is 24.4 Å². The number of fused-ring (bicyclic) bond motifs is 1. The van der Waals surface area contributed by atoms with E-state index >= 15 is 0 Å². The Kier molecular flexibility index (Phi) is 4.40. The molecule has 110 valence electrons. The van der Waals surface area contributed by atoms with Crippen molar-refractivity contribution >= 4 is 44.5 Å². The van der Waals surface area contributed by atoms with Crippen LogP contribution in [0.1, 0.15) is 10.4 Å². The molecule has 21 heavy (non-hydrogen) atoms. The molecule has 0 fully saturated rings. The molecule has 0 aliphatic heterocycles. The van der Waals surface area contributed by atoms with E-state index in [0.29, 0.717) is 13.1 Å². The SMILES string of the molecule is Cc1csc2c(=O)n(CCNCc3ccc(Cl)s3)cnc12. The molecule has 0 aliphatic rings. The number of hydrogen-bond acceptors (Lipinski definition) is 5. The summed E-state index contributed by atoms with van der Waals surface area (Å²) in [5.74, 6) is 0. The summed E-state index contributed by atoms with van der Waals surface area (Å²) in [5.41, 5.74) is 1.92. The Morgan fingerprint density at radius 2 is 2.29 bits per heavy atom. The maximum absolute atomic E-state index is 12.3. The fourth-order valence-corrected chi connectivity index (χ4v) is 4.08. The fraction of sp³-hybridized carbons (Fsp3) is 0.286. The second kappa shape index (κ2) is 6.27. The number of nitrogens with one attached hydrogen (secondary N) is 1. The van der Waals surface area contributed by atoms with Crippen molar-refractivity contribution in [2.45, 2.75) is 20.0 Å². The quantitative estimate of drug-likeness (QED) is 0.726. The van der Waals surface area contributed by atoms with Gasteiger partial charge in [-0.1, -0.05) is 11.6 Å². The molecule has 0 saturated heterocycles. The minimum absolute atomic E-state index is 0.0408. The van der Waals surface area contributed by atoms with Crippen molar-refractivity contribution in [1.29, 1.82) is 0 Å². The van der Waals surface area contributed by atoms with Gasteiger partial charge in [-0.15, -0.1) is 22.7 Å². The highest BCUT2D eigenvalue weighted by Gasteiger charge is 2.08. The minimum atomic E-state index is 0.0408. The Morgan fingerprint density at radius 3 is 3.05 bits per heavy atom. The van der Waals surface area contributed by atoms with Gasteiger partial charge in [-0.3, -0.25) is 9.36 Å². The molecule has 1 N–H and O–H groups in total. The highest BCUT2D eigenvalue weighted by Crippen LogP contribution is 2.21. The highest BCUT2D eigenvalue weighted by atomic mass is 35.5. The lowest BCUT2D eigenvalue weighted by molar-refractivity contribution is 0.585. The Bertz CT molecular complexity index is 821. The van der Waals surface area contributed by atoms with Gasteiger partial charge in [-0.25, -0.2) is 4.98 Å². The first-order valence-corrected chi connectivity index (χ1v) is 8.61. The van der Waals surface area contributed by atoms with Crippen LogP contribution in [0.5, 0.6) is 0 Å². The van der Waals surface area contributed by atoms with Crippen molar-refractivity contribution in [3.8, 4) is 0 Å². The van der Waals surface area contributed by atoms with Gasteiger partial charge in [-0.05, 0) is 30.0 Å². The number of aryl methyl sites for hydroxylation is 1. The Balaban J connectivity index is 1.63. The fourth-order valence-electron chi connectivity index (χ4n) is 2.08. The molecule has 0 unspecified atom stereocenters. The van der Waals surface area contributed by atoms with Crippen molar-refractivity contribution in [1.82, 2.24) is 14.9 Å². The van der Waals surface area contributed by atoms with Crippen LogP contribution in [0.25, 0.3) is 10.2 Å². The van der Waals surface area contributed by atoms with Gasteiger partial charge < -0.3 is 5.32 Å². The van der Waals surface area contributed by atoms with Gasteiger partial charge in [0.15, 0.2) is 0 Å². The smallest absolute Gasteiger partial charge is 0.271 e. The van der Waals surface area contributed by atoms with E-state index in [9.17, 15) is 4.79 Å². The molecular formula is C14H14ClN3OS2. The van der Waals surface area contributed by atoms with Crippen LogP contribution in [-0.4, -0.2) is 16.1 Å². The van der Waals surface area contributed by atoms with Crippen molar-refractivity contribution < 1.29 is 0 Å². The van der Waals surface area contributed by atoms with Crippen LogP contribution in [-0.2, 0) is 13.1 Å². The lowest BCUT2D eigenvalue weighted by atomic mass is 10.3. The number of hydrogen-bond donors (Lipinski definition) is 1. The van der Waals surface area contributed by atoms with Crippen molar-refractivity contribution in [3.05, 3.63) is 49.0 Å². The van der Waals surface area contributed by atoms with Crippen LogP contribution in [0.4, 0.5) is 0 Å². The van der Waals surface area contributed by atoms with E-state index in [4.69, 9.17) is 11.6 Å². The van der Waals surface area contributed by atoms with E-state index in [2.05, 4.69) is 10.3 Å². The molecule has 3 aromatic heterocycles. The lowest BCUT2D eigenvalue weighted by Gasteiger charge is -2.06. The number of halogens is 1. The topological polar surface area (TPSA) is 46.9 Å². The normalized spacial score (nSPS) is 11.3. The van der Waals surface area contributed by atoms with Crippen LogP contribution in [0.2, 0.25) is 4.34 Å². The average molecular weight is 340 g/mol. The lowest BCUT2D eigenvalue weighted by Crippen LogP contribution is -2.26. The molecule has 0 spiro atoms. The van der Waals surface area contributed by atoms with E-state index in [1.165, 1.54) is 16.2 Å². The first-order chi connectivity index (χ1) is 10.1. The third kappa shape index (κ3) is 3.18. The molecule has 0 saturated carbocycles. The summed E-state index contributed by atoms with van der Waals surface area (Å²) in [4.78, 5) is 17.9. The first kappa shape index (κ1) is 14.7. The first-order valence-electron chi connectivity index (χ1n) is 6.53. The van der Waals surface area contributed by atoms with Crippen molar-refractivity contribution in [2.24, 2.45) is 0 Å². The van der Waals surface area contributed by atoms with Gasteiger partial charge in [0, 0.05) is 24.5 Å². The summed E-state index contributed by atoms with van der Waals surface area (Å²) in [6, 6.07) is 3.90. The summed E-state index contributed by atoms with van der Waals surface area (Å²) in [6.07, 6.45) is 1.63. The molecule has 7 heteroatoms. The molecule has 0 bridgehead atoms. The zero-order valence-corrected chi connectivity index (χ0v) is 13.8. The summed E-state index contributed by atoms with van der Waals surface area (Å²) in [6.45, 7) is 4.06. The average Bonchev–Trinajstić information content (AvgIpc) is 3.04. The van der Waals surface area contributed by atoms with Gasteiger partial charge in [0.1, 0.15) is 4.70 Å². The van der Waals surface area contributed by atoms with Crippen molar-refractivity contribution in [3.63, 3.8) is 0 Å². The van der Waals surface area contributed by atoms with Crippen LogP contribution in [0.3, 0.4) is 0 Å². The van der Waals surface area contributed by atoms with E-state index < -0.39 is 0 Å². The maximum atomic E-state index is 12.3. The zero-order chi connectivity index (χ0) is 14.8. The highest BCUT2D eigenvalue weighted by molar-refractivity contribution is 7.17. The largest absolute Gasteiger partial charge is 0.310 e. The van der Waals surface area contributed by atoms with Gasteiger partial charge in [0.25, 0.3) is 5.56 Å². The molecule has 3 heterocycles. The maximum Gasteiger partial charge on any atom is 0.271 e. The molecule has 0 amide bonds. The number of nitrogens with zero attached hydrogens (tertiary/aromatic N) is 2. The Hall–Kier alpha value is -1.21. The summed E-state index contributed by atoms with van der Waals surface area (Å²) >= 11 is 8.92. The van der Waals surface area contributed by atoms with E-state index in [-0.39, 0.29) is 5.56 Å². The number of rotatable bonds is 5. The monoisotopic (exact) mass is 339 g/mol. The van der Waals surface area contributed by atoms with Gasteiger partial charge >= 0.3 is 0 Å². The summed E-state index contributed by atoms with van der Waals surface area (Å²) in [5, 5.41) is 5.29. The third-order valence-electron chi connectivity index (χ3n) is 3.18. The molecule has 0 aromatic carbocycles. The molecule has 0 aliphatic carbocycles. The minimum Gasteiger partial charge on any atom is -0.310 e. The Morgan fingerprint density at radius 1 is 1.43 bits per heavy atom. The van der Waals surface area contributed by atoms with Crippen LogP contribution in [0, 0.1) is 6.92 Å². The predicted molar refractivity (Wildman–Crippen MR) is 89.7 cm³/mol.